The van der Waals surface area contributed by atoms with Crippen LogP contribution in [-0.4, -0.2) is 11.7 Å². The van der Waals surface area contributed by atoms with E-state index >= 15 is 0 Å². The first-order chi connectivity index (χ1) is 8.77. The third-order valence-electron chi connectivity index (χ3n) is 4.08. The van der Waals surface area contributed by atoms with Gasteiger partial charge in [0.15, 0.2) is 0 Å². The van der Waals surface area contributed by atoms with Crippen molar-refractivity contribution in [2.24, 2.45) is 0 Å². The maximum atomic E-state index is 11.7. The zero-order valence-corrected chi connectivity index (χ0v) is 10.4. The average molecular weight is 243 g/mol. The molecule has 0 saturated heterocycles. The number of rotatable bonds is 1. The summed E-state index contributed by atoms with van der Waals surface area (Å²) in [5, 5.41) is 2.74. The lowest BCUT2D eigenvalue weighted by Crippen LogP contribution is -2.12. The van der Waals surface area contributed by atoms with E-state index in [0.717, 1.165) is 11.3 Å². The second-order valence-corrected chi connectivity index (χ2v) is 5.24. The number of ketones is 1. The van der Waals surface area contributed by atoms with Gasteiger partial charge >= 0.3 is 0 Å². The van der Waals surface area contributed by atoms with E-state index in [1.54, 1.807) is 6.07 Å². The summed E-state index contributed by atoms with van der Waals surface area (Å²) in [7, 11) is 0. The Bertz CT molecular complexity index is 499. The van der Waals surface area contributed by atoms with Gasteiger partial charge in [0, 0.05) is 0 Å². The van der Waals surface area contributed by atoms with Crippen molar-refractivity contribution >= 4 is 17.4 Å². The van der Waals surface area contributed by atoms with E-state index in [0.29, 0.717) is 11.5 Å². The van der Waals surface area contributed by atoms with Gasteiger partial charge in [-0.3, -0.25) is 9.59 Å². The zero-order valence-electron chi connectivity index (χ0n) is 10.4. The maximum absolute atomic E-state index is 11.7. The highest BCUT2D eigenvalue weighted by Gasteiger charge is 2.31. The fourth-order valence-corrected chi connectivity index (χ4v) is 3.12. The van der Waals surface area contributed by atoms with Gasteiger partial charge in [0.25, 0.3) is 11.7 Å². The minimum Gasteiger partial charge on any atom is -0.318 e. The van der Waals surface area contributed by atoms with Crippen molar-refractivity contribution in [2.45, 2.75) is 44.4 Å². The van der Waals surface area contributed by atoms with Crippen molar-refractivity contribution in [3.8, 4) is 0 Å². The van der Waals surface area contributed by atoms with Gasteiger partial charge in [-0.2, -0.15) is 0 Å². The number of hydrogen-bond acceptors (Lipinski definition) is 2. The summed E-state index contributed by atoms with van der Waals surface area (Å²) >= 11 is 0. The van der Waals surface area contributed by atoms with Crippen molar-refractivity contribution in [3.63, 3.8) is 0 Å². The molecule has 1 amide bonds. The Morgan fingerprint density at radius 3 is 2.44 bits per heavy atom. The molecular formula is C15H17NO2. The maximum Gasteiger partial charge on any atom is 0.296 e. The minimum absolute atomic E-state index is 0.388. The van der Waals surface area contributed by atoms with Gasteiger partial charge in [0.2, 0.25) is 0 Å². The number of benzene rings is 1. The van der Waals surface area contributed by atoms with Gasteiger partial charge in [-0.25, -0.2) is 0 Å². The van der Waals surface area contributed by atoms with Crippen LogP contribution in [0.4, 0.5) is 5.69 Å². The van der Waals surface area contributed by atoms with Gasteiger partial charge in [0.1, 0.15) is 0 Å². The summed E-state index contributed by atoms with van der Waals surface area (Å²) in [5.41, 5.74) is 2.50. The van der Waals surface area contributed by atoms with Crippen LogP contribution in [0.1, 0.15) is 60.4 Å². The molecule has 0 aromatic heterocycles. The van der Waals surface area contributed by atoms with E-state index in [-0.39, 0.29) is 5.78 Å². The van der Waals surface area contributed by atoms with E-state index in [9.17, 15) is 9.59 Å². The number of hydrogen-bond donors (Lipinski definition) is 1. The first kappa shape index (κ1) is 11.5. The Morgan fingerprint density at radius 2 is 1.72 bits per heavy atom. The summed E-state index contributed by atoms with van der Waals surface area (Å²) < 4.78 is 0. The van der Waals surface area contributed by atoms with Gasteiger partial charge in [-0.15, -0.1) is 0 Å². The SMILES string of the molecule is O=C1Nc2c(cccc2C2CCCCCC2)C1=O. The van der Waals surface area contributed by atoms with E-state index in [4.69, 9.17) is 0 Å². The molecule has 0 unspecified atom stereocenters. The number of Topliss-reactive ketones (excluding diaryl/α,β-unsaturated/α-hetero) is 1. The van der Waals surface area contributed by atoms with E-state index in [1.165, 1.54) is 38.5 Å². The van der Waals surface area contributed by atoms with Crippen LogP contribution in [0.15, 0.2) is 18.2 Å². The molecule has 1 saturated carbocycles. The third-order valence-corrected chi connectivity index (χ3v) is 4.08. The van der Waals surface area contributed by atoms with Gasteiger partial charge in [0.05, 0.1) is 11.3 Å². The molecule has 3 rings (SSSR count). The van der Waals surface area contributed by atoms with Crippen LogP contribution in [0.3, 0.4) is 0 Å². The van der Waals surface area contributed by atoms with Crippen molar-refractivity contribution in [1.29, 1.82) is 0 Å². The molecule has 0 bridgehead atoms. The molecule has 1 aromatic rings. The third kappa shape index (κ3) is 1.84. The fourth-order valence-electron chi connectivity index (χ4n) is 3.12. The van der Waals surface area contributed by atoms with Crippen molar-refractivity contribution in [1.82, 2.24) is 0 Å². The smallest absolute Gasteiger partial charge is 0.296 e. The minimum atomic E-state index is -0.480. The van der Waals surface area contributed by atoms with Crippen LogP contribution in [-0.2, 0) is 4.79 Å². The summed E-state index contributed by atoms with van der Waals surface area (Å²) in [5.74, 6) is -0.375. The summed E-state index contributed by atoms with van der Waals surface area (Å²) in [6.45, 7) is 0. The van der Waals surface area contributed by atoms with Gasteiger partial charge in [-0.1, -0.05) is 37.8 Å². The molecule has 1 fully saturated rings. The van der Waals surface area contributed by atoms with E-state index in [2.05, 4.69) is 11.4 Å². The molecule has 3 heteroatoms. The first-order valence-electron chi connectivity index (χ1n) is 6.76. The quantitative estimate of drug-likeness (QED) is 0.608. The molecular weight excluding hydrogens is 226 g/mol. The lowest BCUT2D eigenvalue weighted by atomic mass is 9.89. The lowest BCUT2D eigenvalue weighted by Gasteiger charge is -2.17. The second-order valence-electron chi connectivity index (χ2n) is 5.24. The normalized spacial score (nSPS) is 20.4. The highest BCUT2D eigenvalue weighted by molar-refractivity contribution is 6.51. The Hall–Kier alpha value is -1.64. The van der Waals surface area contributed by atoms with Crippen LogP contribution in [0.25, 0.3) is 0 Å². The van der Waals surface area contributed by atoms with Crippen LogP contribution < -0.4 is 5.32 Å². The standard InChI is InChI=1S/C15H17NO2/c17-14-12-9-5-8-11(13(12)16-15(14)18)10-6-3-1-2-4-7-10/h5,8-10H,1-4,6-7H2,(H,16,17,18). The summed E-state index contributed by atoms with van der Waals surface area (Å²) in [6.07, 6.45) is 7.43. The molecule has 1 aromatic carbocycles. The average Bonchev–Trinajstić information content (AvgIpc) is 2.61. The highest BCUT2D eigenvalue weighted by atomic mass is 16.2. The van der Waals surface area contributed by atoms with E-state index < -0.39 is 5.91 Å². The van der Waals surface area contributed by atoms with Crippen molar-refractivity contribution in [2.75, 3.05) is 5.32 Å². The number of fused-ring (bicyclic) bond motifs is 1. The Kier molecular flexibility index (Phi) is 2.90. The molecule has 1 aliphatic heterocycles. The molecule has 1 aliphatic carbocycles. The fraction of sp³-hybridized carbons (Fsp3) is 0.467. The number of nitrogens with one attached hydrogen (secondary N) is 1. The lowest BCUT2D eigenvalue weighted by molar-refractivity contribution is -0.112. The number of para-hydroxylation sites is 1. The first-order valence-corrected chi connectivity index (χ1v) is 6.76. The number of anilines is 1. The zero-order chi connectivity index (χ0) is 12.5. The largest absolute Gasteiger partial charge is 0.318 e. The van der Waals surface area contributed by atoms with Gasteiger partial charge < -0.3 is 5.32 Å². The summed E-state index contributed by atoms with van der Waals surface area (Å²) in [4.78, 5) is 23.2. The number of carbonyl (C=O) groups is 2. The van der Waals surface area contributed by atoms with Crippen LogP contribution in [0.2, 0.25) is 0 Å². The van der Waals surface area contributed by atoms with E-state index in [1.807, 2.05) is 6.07 Å². The molecule has 0 radical (unpaired) electrons. The topological polar surface area (TPSA) is 46.2 Å². The highest BCUT2D eigenvalue weighted by Crippen LogP contribution is 2.38. The van der Waals surface area contributed by atoms with Crippen molar-refractivity contribution < 1.29 is 9.59 Å². The van der Waals surface area contributed by atoms with Crippen LogP contribution in [0, 0.1) is 0 Å². The number of carbonyl (C=O) groups excluding carboxylic acids is 2. The van der Waals surface area contributed by atoms with Crippen LogP contribution >= 0.6 is 0 Å². The molecule has 94 valence electrons. The molecule has 2 aliphatic rings. The Morgan fingerprint density at radius 1 is 1.00 bits per heavy atom. The van der Waals surface area contributed by atoms with Gasteiger partial charge in [-0.05, 0) is 30.4 Å². The predicted octanol–water partition coefficient (Wildman–Crippen LogP) is 3.26. The molecule has 3 nitrogen and oxygen atoms in total. The Balaban J connectivity index is 1.98. The molecule has 18 heavy (non-hydrogen) atoms. The Labute approximate surface area is 107 Å². The monoisotopic (exact) mass is 243 g/mol. The molecule has 0 spiro atoms. The molecule has 0 atom stereocenters. The predicted molar refractivity (Wildman–Crippen MR) is 69.8 cm³/mol. The summed E-state index contributed by atoms with van der Waals surface area (Å²) in [6, 6.07) is 5.71. The van der Waals surface area contributed by atoms with Crippen LogP contribution in [0.5, 0.6) is 0 Å². The van der Waals surface area contributed by atoms with Crippen molar-refractivity contribution in [3.05, 3.63) is 29.3 Å². The molecule has 1 N–H and O–H groups in total. The number of amides is 1. The molecule has 1 heterocycles. The second kappa shape index (κ2) is 4.56.